The molecule has 0 aliphatic heterocycles. The van der Waals surface area contributed by atoms with Crippen molar-refractivity contribution in [1.29, 1.82) is 0 Å². The van der Waals surface area contributed by atoms with E-state index < -0.39 is 0 Å². The number of hydrogen-bond acceptors (Lipinski definition) is 2. The van der Waals surface area contributed by atoms with Gasteiger partial charge in [0.25, 0.3) is 0 Å². The van der Waals surface area contributed by atoms with Crippen molar-refractivity contribution in [2.75, 3.05) is 6.61 Å². The first-order chi connectivity index (χ1) is 14.3. The van der Waals surface area contributed by atoms with Gasteiger partial charge < -0.3 is 5.11 Å². The Bertz CT molecular complexity index is 333. The molecule has 0 heterocycles. The molecule has 0 fully saturated rings. The molecular formula is C27H52O2. The van der Waals surface area contributed by atoms with Crippen LogP contribution in [0.25, 0.3) is 0 Å². The van der Waals surface area contributed by atoms with Gasteiger partial charge >= 0.3 is 0 Å². The predicted octanol–water partition coefficient (Wildman–Crippen LogP) is 8.73. The molecule has 0 unspecified atom stereocenters. The monoisotopic (exact) mass is 408 g/mol. The van der Waals surface area contributed by atoms with Crippen molar-refractivity contribution in [3.05, 3.63) is 24.3 Å². The molecule has 0 saturated carbocycles. The molecule has 0 aromatic rings. The maximum atomic E-state index is 9.89. The Kier molecular flexibility index (Phi) is 33.2. The lowest BCUT2D eigenvalue weighted by molar-refractivity contribution is -0.104. The minimum Gasteiger partial charge on any atom is -0.396 e. The van der Waals surface area contributed by atoms with Gasteiger partial charge in [-0.3, -0.25) is 4.79 Å². The molecule has 0 rings (SSSR count). The second kappa shape index (κ2) is 31.8. The highest BCUT2D eigenvalue weighted by Gasteiger charge is 1.90. The van der Waals surface area contributed by atoms with E-state index in [2.05, 4.69) is 26.0 Å². The van der Waals surface area contributed by atoms with E-state index in [1.807, 2.05) is 6.08 Å². The lowest BCUT2D eigenvalue weighted by Gasteiger charge is -1.99. The van der Waals surface area contributed by atoms with Crippen LogP contribution in [0.5, 0.6) is 0 Å². The van der Waals surface area contributed by atoms with Gasteiger partial charge in [-0.2, -0.15) is 0 Å². The molecule has 0 aromatic carbocycles. The molecule has 2 nitrogen and oxygen atoms in total. The number of carbonyl (C=O) groups is 1. The zero-order chi connectivity index (χ0) is 21.7. The number of aldehydes is 1. The Morgan fingerprint density at radius 1 is 0.517 bits per heavy atom. The predicted molar refractivity (Wildman–Crippen MR) is 131 cm³/mol. The van der Waals surface area contributed by atoms with Gasteiger partial charge in [-0.05, 0) is 51.0 Å². The van der Waals surface area contributed by atoms with Crippen LogP contribution in [0.3, 0.4) is 0 Å². The van der Waals surface area contributed by atoms with Crippen LogP contribution in [0.4, 0.5) is 0 Å². The molecule has 0 radical (unpaired) electrons. The van der Waals surface area contributed by atoms with Gasteiger partial charge in [0.2, 0.25) is 0 Å². The quantitative estimate of drug-likeness (QED) is 0.0892. The van der Waals surface area contributed by atoms with Crippen LogP contribution in [-0.4, -0.2) is 18.0 Å². The first-order valence-corrected chi connectivity index (χ1v) is 12.7. The number of carbonyl (C=O) groups excluding carboxylic acids is 1. The molecule has 172 valence electrons. The number of aliphatic hydroxyl groups is 1. The third-order valence-corrected chi connectivity index (χ3v) is 5.11. The van der Waals surface area contributed by atoms with Crippen molar-refractivity contribution < 1.29 is 9.90 Å². The van der Waals surface area contributed by atoms with E-state index in [1.165, 1.54) is 96.3 Å². The van der Waals surface area contributed by atoms with E-state index in [0.29, 0.717) is 6.61 Å². The van der Waals surface area contributed by atoms with Crippen molar-refractivity contribution in [3.8, 4) is 0 Å². The van der Waals surface area contributed by atoms with E-state index in [0.717, 1.165) is 32.0 Å². The van der Waals surface area contributed by atoms with E-state index in [9.17, 15) is 4.79 Å². The largest absolute Gasteiger partial charge is 0.396 e. The van der Waals surface area contributed by atoms with E-state index in [1.54, 1.807) is 6.08 Å². The van der Waals surface area contributed by atoms with Crippen LogP contribution < -0.4 is 0 Å². The number of unbranched alkanes of at least 4 members (excludes halogenated alkanes) is 16. The molecular weight excluding hydrogens is 356 g/mol. The van der Waals surface area contributed by atoms with Crippen LogP contribution in [0, 0.1) is 0 Å². The molecule has 0 aromatic heterocycles. The van der Waals surface area contributed by atoms with Gasteiger partial charge in [0.05, 0.1) is 0 Å². The fourth-order valence-corrected chi connectivity index (χ4v) is 3.20. The van der Waals surface area contributed by atoms with Crippen molar-refractivity contribution in [2.24, 2.45) is 0 Å². The Labute approximate surface area is 183 Å². The number of aliphatic hydroxyl groups excluding tert-OH is 1. The zero-order valence-electron chi connectivity index (χ0n) is 19.9. The van der Waals surface area contributed by atoms with Gasteiger partial charge in [-0.15, -0.1) is 0 Å². The van der Waals surface area contributed by atoms with Crippen LogP contribution in [0.1, 0.15) is 136 Å². The summed E-state index contributed by atoms with van der Waals surface area (Å²) in [5, 5.41) is 8.62. The summed E-state index contributed by atoms with van der Waals surface area (Å²) in [7, 11) is 0. The topological polar surface area (TPSA) is 37.3 Å². The molecule has 0 bridgehead atoms. The summed E-state index contributed by atoms with van der Waals surface area (Å²) in [4.78, 5) is 9.89. The molecule has 0 aliphatic carbocycles. The summed E-state index contributed by atoms with van der Waals surface area (Å²) < 4.78 is 0. The number of rotatable bonds is 21. The van der Waals surface area contributed by atoms with Crippen molar-refractivity contribution in [1.82, 2.24) is 0 Å². The van der Waals surface area contributed by atoms with Gasteiger partial charge in [-0.25, -0.2) is 0 Å². The number of allylic oxidation sites excluding steroid dienone is 4. The van der Waals surface area contributed by atoms with E-state index in [4.69, 9.17) is 5.11 Å². The molecule has 29 heavy (non-hydrogen) atoms. The summed E-state index contributed by atoms with van der Waals surface area (Å²) in [5.74, 6) is 0. The van der Waals surface area contributed by atoms with Gasteiger partial charge in [-0.1, -0.05) is 109 Å². The molecule has 0 amide bonds. The van der Waals surface area contributed by atoms with Crippen LogP contribution >= 0.6 is 0 Å². The molecule has 0 atom stereocenters. The van der Waals surface area contributed by atoms with Crippen molar-refractivity contribution in [2.45, 2.75) is 136 Å². The smallest absolute Gasteiger partial charge is 0.142 e. The summed E-state index contributed by atoms with van der Waals surface area (Å²) in [6.45, 7) is 4.84. The average Bonchev–Trinajstić information content (AvgIpc) is 2.74. The van der Waals surface area contributed by atoms with E-state index in [-0.39, 0.29) is 0 Å². The SMILES string of the molecule is CCCCCCCC/C=C/C=O.CCCCCCCCCC/C=C/CCCCO. The minimum atomic E-state index is 0.339. The average molecular weight is 409 g/mol. The van der Waals surface area contributed by atoms with E-state index >= 15 is 0 Å². The third-order valence-electron chi connectivity index (χ3n) is 5.11. The highest BCUT2D eigenvalue weighted by Crippen LogP contribution is 2.10. The Hall–Kier alpha value is -0.890. The summed E-state index contributed by atoms with van der Waals surface area (Å²) in [6.07, 6.45) is 33.6. The first-order valence-electron chi connectivity index (χ1n) is 12.7. The van der Waals surface area contributed by atoms with Gasteiger partial charge in [0, 0.05) is 6.61 Å². The zero-order valence-corrected chi connectivity index (χ0v) is 19.9. The molecule has 1 N–H and O–H groups in total. The van der Waals surface area contributed by atoms with Crippen LogP contribution in [0.15, 0.2) is 24.3 Å². The highest BCUT2D eigenvalue weighted by molar-refractivity contribution is 5.64. The molecule has 2 heteroatoms. The standard InChI is InChI=1S/C16H32O.C11H20O/c1-2-3-4-5-6-7-8-9-10-11-12-13-14-15-16-17;1-2-3-4-5-6-7-8-9-10-11-12/h11-12,17H,2-10,13-16H2,1H3;9-11H,2-8H2,1H3/b12-11+;10-9+. The van der Waals surface area contributed by atoms with Gasteiger partial charge in [0.1, 0.15) is 6.29 Å². The second-order valence-electron chi connectivity index (χ2n) is 8.08. The third kappa shape index (κ3) is 35.0. The molecule has 0 spiro atoms. The summed E-state index contributed by atoms with van der Waals surface area (Å²) in [5.41, 5.74) is 0. The molecule has 0 aliphatic rings. The molecule has 0 saturated heterocycles. The minimum absolute atomic E-state index is 0.339. The Morgan fingerprint density at radius 3 is 1.31 bits per heavy atom. The lowest BCUT2D eigenvalue weighted by atomic mass is 10.1. The fraction of sp³-hybridized carbons (Fsp3) is 0.815. The lowest BCUT2D eigenvalue weighted by Crippen LogP contribution is -1.81. The van der Waals surface area contributed by atoms with Crippen molar-refractivity contribution >= 4 is 6.29 Å². The second-order valence-corrected chi connectivity index (χ2v) is 8.08. The number of hydrogen-bond donors (Lipinski definition) is 1. The maximum absolute atomic E-state index is 9.89. The van der Waals surface area contributed by atoms with Crippen LogP contribution in [-0.2, 0) is 4.79 Å². The van der Waals surface area contributed by atoms with Crippen LogP contribution in [0.2, 0.25) is 0 Å². The normalized spacial score (nSPS) is 11.1. The summed E-state index contributed by atoms with van der Waals surface area (Å²) >= 11 is 0. The van der Waals surface area contributed by atoms with Crippen molar-refractivity contribution in [3.63, 3.8) is 0 Å². The van der Waals surface area contributed by atoms with Gasteiger partial charge in [0.15, 0.2) is 0 Å². The Morgan fingerprint density at radius 2 is 0.897 bits per heavy atom. The highest BCUT2D eigenvalue weighted by atomic mass is 16.2. The maximum Gasteiger partial charge on any atom is 0.142 e. The fourth-order valence-electron chi connectivity index (χ4n) is 3.20. The first kappa shape index (κ1) is 30.3. The Balaban J connectivity index is 0. The summed E-state index contributed by atoms with van der Waals surface area (Å²) in [6, 6.07) is 0.